The zero-order valence-corrected chi connectivity index (χ0v) is 12.6. The van der Waals surface area contributed by atoms with Crippen LogP contribution in [0.4, 0.5) is 0 Å². The Hall–Kier alpha value is -1.68. The van der Waals surface area contributed by atoms with Crippen molar-refractivity contribution < 1.29 is 4.79 Å². The van der Waals surface area contributed by atoms with Gasteiger partial charge < -0.3 is 4.90 Å². The molecule has 0 radical (unpaired) electrons. The number of amides is 1. The fourth-order valence-corrected chi connectivity index (χ4v) is 2.67. The van der Waals surface area contributed by atoms with E-state index >= 15 is 0 Å². The second kappa shape index (κ2) is 5.75. The molecule has 0 unspecified atom stereocenters. The number of pyridine rings is 1. The maximum absolute atomic E-state index is 12.6. The number of halogens is 1. The Morgan fingerprint density at radius 3 is 2.75 bits per heavy atom. The van der Waals surface area contributed by atoms with Crippen molar-refractivity contribution >= 4 is 21.8 Å². The summed E-state index contributed by atoms with van der Waals surface area (Å²) in [6.07, 6.45) is 3.84. The van der Waals surface area contributed by atoms with Gasteiger partial charge in [0.05, 0.1) is 0 Å². The van der Waals surface area contributed by atoms with E-state index in [9.17, 15) is 4.79 Å². The molecule has 3 nitrogen and oxygen atoms in total. The molecule has 1 aromatic heterocycles. The van der Waals surface area contributed by atoms with E-state index in [1.165, 1.54) is 0 Å². The number of carbonyl (C=O) groups is 1. The first kappa shape index (κ1) is 13.3. The molecule has 0 bridgehead atoms. The third-order valence-corrected chi connectivity index (χ3v) is 3.87. The van der Waals surface area contributed by atoms with Crippen LogP contribution in [0.2, 0.25) is 0 Å². The molecule has 1 saturated carbocycles. The fourth-order valence-electron chi connectivity index (χ4n) is 2.22. The summed E-state index contributed by atoms with van der Waals surface area (Å²) in [5.41, 5.74) is 1.66. The van der Waals surface area contributed by atoms with E-state index < -0.39 is 0 Å². The van der Waals surface area contributed by atoms with E-state index in [0.717, 1.165) is 22.9 Å². The summed E-state index contributed by atoms with van der Waals surface area (Å²) in [7, 11) is 0. The summed E-state index contributed by atoms with van der Waals surface area (Å²) in [4.78, 5) is 18.7. The molecule has 102 valence electrons. The number of rotatable bonds is 4. The monoisotopic (exact) mass is 330 g/mol. The average Bonchev–Trinajstić information content (AvgIpc) is 3.30. The normalized spacial score (nSPS) is 14.1. The molecule has 1 aromatic carbocycles. The quantitative estimate of drug-likeness (QED) is 0.857. The van der Waals surface area contributed by atoms with Crippen molar-refractivity contribution in [2.45, 2.75) is 25.4 Å². The van der Waals surface area contributed by atoms with Crippen molar-refractivity contribution in [3.8, 4) is 0 Å². The van der Waals surface area contributed by atoms with Gasteiger partial charge in [0.1, 0.15) is 5.69 Å². The zero-order chi connectivity index (χ0) is 13.9. The van der Waals surface area contributed by atoms with Crippen molar-refractivity contribution in [3.63, 3.8) is 0 Å². The molecule has 1 aliphatic rings. The number of aromatic nitrogens is 1. The first-order chi connectivity index (χ1) is 9.74. The van der Waals surface area contributed by atoms with Crippen LogP contribution in [0.1, 0.15) is 28.9 Å². The molecule has 0 saturated heterocycles. The first-order valence-corrected chi connectivity index (χ1v) is 7.50. The Labute approximate surface area is 126 Å². The largest absolute Gasteiger partial charge is 0.330 e. The number of benzene rings is 1. The average molecular weight is 331 g/mol. The molecule has 4 heteroatoms. The minimum Gasteiger partial charge on any atom is -0.330 e. The number of hydrogen-bond acceptors (Lipinski definition) is 2. The van der Waals surface area contributed by atoms with Crippen LogP contribution < -0.4 is 0 Å². The van der Waals surface area contributed by atoms with Crippen molar-refractivity contribution in [2.75, 3.05) is 0 Å². The van der Waals surface area contributed by atoms with Crippen molar-refractivity contribution in [1.82, 2.24) is 9.88 Å². The molecule has 0 spiro atoms. The van der Waals surface area contributed by atoms with E-state index in [1.807, 2.05) is 35.2 Å². The Bertz CT molecular complexity index is 611. The zero-order valence-electron chi connectivity index (χ0n) is 11.0. The third kappa shape index (κ3) is 3.07. The molecule has 1 fully saturated rings. The lowest BCUT2D eigenvalue weighted by molar-refractivity contribution is 0.0724. The van der Waals surface area contributed by atoms with Gasteiger partial charge in [-0.15, -0.1) is 0 Å². The molecular formula is C16H15BrN2O. The topological polar surface area (TPSA) is 33.2 Å². The van der Waals surface area contributed by atoms with Gasteiger partial charge in [-0.25, -0.2) is 0 Å². The molecule has 1 amide bonds. The van der Waals surface area contributed by atoms with Gasteiger partial charge in [-0.3, -0.25) is 9.78 Å². The summed E-state index contributed by atoms with van der Waals surface area (Å²) < 4.78 is 1.04. The van der Waals surface area contributed by atoms with Crippen molar-refractivity contribution in [1.29, 1.82) is 0 Å². The molecule has 0 aliphatic heterocycles. The predicted molar refractivity (Wildman–Crippen MR) is 81.3 cm³/mol. The van der Waals surface area contributed by atoms with Gasteiger partial charge in [0.15, 0.2) is 0 Å². The molecule has 1 heterocycles. The second-order valence-electron chi connectivity index (χ2n) is 5.01. The molecule has 2 aromatic rings. The van der Waals surface area contributed by atoms with Crippen LogP contribution in [0.15, 0.2) is 53.1 Å². The standard InChI is InChI=1S/C16H15BrN2O/c17-13-5-3-4-12(10-13)11-19(14-7-8-14)16(20)15-6-1-2-9-18-15/h1-6,9-10,14H,7-8,11H2. The first-order valence-electron chi connectivity index (χ1n) is 6.70. The summed E-state index contributed by atoms with van der Waals surface area (Å²) in [6.45, 7) is 0.638. The van der Waals surface area contributed by atoms with Gasteiger partial charge in [-0.05, 0) is 42.7 Å². The van der Waals surface area contributed by atoms with Gasteiger partial charge in [0.25, 0.3) is 5.91 Å². The highest BCUT2D eigenvalue weighted by molar-refractivity contribution is 9.10. The lowest BCUT2D eigenvalue weighted by atomic mass is 10.2. The van der Waals surface area contributed by atoms with Gasteiger partial charge in [0, 0.05) is 23.3 Å². The lowest BCUT2D eigenvalue weighted by Gasteiger charge is -2.22. The highest BCUT2D eigenvalue weighted by atomic mass is 79.9. The van der Waals surface area contributed by atoms with Crippen molar-refractivity contribution in [2.24, 2.45) is 0 Å². The molecule has 1 aliphatic carbocycles. The van der Waals surface area contributed by atoms with Crippen LogP contribution in [-0.2, 0) is 6.54 Å². The minimum atomic E-state index is 0.0214. The van der Waals surface area contributed by atoms with E-state index in [1.54, 1.807) is 12.3 Å². The highest BCUT2D eigenvalue weighted by Gasteiger charge is 2.33. The third-order valence-electron chi connectivity index (χ3n) is 3.37. The van der Waals surface area contributed by atoms with Crippen LogP contribution in [0.3, 0.4) is 0 Å². The number of hydrogen-bond donors (Lipinski definition) is 0. The van der Waals surface area contributed by atoms with E-state index in [4.69, 9.17) is 0 Å². The molecule has 0 N–H and O–H groups in total. The Kier molecular flexibility index (Phi) is 3.83. The van der Waals surface area contributed by atoms with E-state index in [-0.39, 0.29) is 5.91 Å². The summed E-state index contributed by atoms with van der Waals surface area (Å²) in [6, 6.07) is 13.9. The Morgan fingerprint density at radius 2 is 2.10 bits per heavy atom. The van der Waals surface area contributed by atoms with Crippen molar-refractivity contribution in [3.05, 3.63) is 64.4 Å². The number of nitrogens with zero attached hydrogens (tertiary/aromatic N) is 2. The maximum atomic E-state index is 12.6. The summed E-state index contributed by atoms with van der Waals surface area (Å²) in [5.74, 6) is 0.0214. The molecule has 20 heavy (non-hydrogen) atoms. The molecule has 3 rings (SSSR count). The predicted octanol–water partition coefficient (Wildman–Crippen LogP) is 3.65. The Morgan fingerprint density at radius 1 is 1.25 bits per heavy atom. The maximum Gasteiger partial charge on any atom is 0.272 e. The van der Waals surface area contributed by atoms with Gasteiger partial charge >= 0.3 is 0 Å². The van der Waals surface area contributed by atoms with Crippen LogP contribution in [-0.4, -0.2) is 21.8 Å². The number of carbonyl (C=O) groups excluding carboxylic acids is 1. The molecular weight excluding hydrogens is 316 g/mol. The van der Waals surface area contributed by atoms with Gasteiger partial charge in [-0.1, -0.05) is 34.1 Å². The smallest absolute Gasteiger partial charge is 0.272 e. The lowest BCUT2D eigenvalue weighted by Crippen LogP contribution is -2.33. The SMILES string of the molecule is O=C(c1ccccn1)N(Cc1cccc(Br)c1)C1CC1. The summed E-state index contributed by atoms with van der Waals surface area (Å²) in [5, 5.41) is 0. The van der Waals surface area contributed by atoms with E-state index in [2.05, 4.69) is 27.0 Å². The van der Waals surface area contributed by atoms with Crippen LogP contribution in [0, 0.1) is 0 Å². The van der Waals surface area contributed by atoms with Crippen LogP contribution in [0.5, 0.6) is 0 Å². The van der Waals surface area contributed by atoms with Gasteiger partial charge in [-0.2, -0.15) is 0 Å². The van der Waals surface area contributed by atoms with Crippen LogP contribution in [0.25, 0.3) is 0 Å². The fraction of sp³-hybridized carbons (Fsp3) is 0.250. The van der Waals surface area contributed by atoms with E-state index in [0.29, 0.717) is 18.3 Å². The molecule has 0 atom stereocenters. The van der Waals surface area contributed by atoms with Gasteiger partial charge in [0.2, 0.25) is 0 Å². The highest BCUT2D eigenvalue weighted by Crippen LogP contribution is 2.30. The second-order valence-corrected chi connectivity index (χ2v) is 5.92. The summed E-state index contributed by atoms with van der Waals surface area (Å²) >= 11 is 3.47. The minimum absolute atomic E-state index is 0.0214. The van der Waals surface area contributed by atoms with Crippen LogP contribution >= 0.6 is 15.9 Å². The Balaban J connectivity index is 1.81.